The fraction of sp³-hybridized carbons (Fsp3) is 0.529. The number of hydrogen-bond donors (Lipinski definition) is 2. The zero-order valence-corrected chi connectivity index (χ0v) is 13.5. The summed E-state index contributed by atoms with van der Waals surface area (Å²) in [5.74, 6) is -1.44. The van der Waals surface area contributed by atoms with Crippen LogP contribution in [0.25, 0.3) is 0 Å². The van der Waals surface area contributed by atoms with E-state index >= 15 is 0 Å². The predicted octanol–water partition coefficient (Wildman–Crippen LogP) is 1.79. The molecule has 2 rings (SSSR count). The van der Waals surface area contributed by atoms with Gasteiger partial charge in [-0.15, -0.1) is 0 Å². The Morgan fingerprint density at radius 3 is 2.78 bits per heavy atom. The van der Waals surface area contributed by atoms with Crippen LogP contribution in [0.5, 0.6) is 0 Å². The second kappa shape index (κ2) is 7.55. The van der Waals surface area contributed by atoms with E-state index in [9.17, 15) is 14.0 Å². The Kier molecular flexibility index (Phi) is 5.71. The SMILES string of the molecule is Cc1ccc(CNC(=O)CN2CC(C)CC(C(=O)O)C2)cc1F. The van der Waals surface area contributed by atoms with E-state index in [1.807, 2.05) is 11.8 Å². The fourth-order valence-electron chi connectivity index (χ4n) is 2.98. The van der Waals surface area contributed by atoms with Crippen molar-refractivity contribution in [2.45, 2.75) is 26.8 Å². The molecule has 1 fully saturated rings. The number of nitrogens with one attached hydrogen (secondary N) is 1. The first-order chi connectivity index (χ1) is 10.8. The predicted molar refractivity (Wildman–Crippen MR) is 84.3 cm³/mol. The van der Waals surface area contributed by atoms with Gasteiger partial charge in [0.15, 0.2) is 0 Å². The summed E-state index contributed by atoms with van der Waals surface area (Å²) in [6.45, 7) is 5.23. The van der Waals surface area contributed by atoms with E-state index < -0.39 is 11.9 Å². The van der Waals surface area contributed by atoms with Gasteiger partial charge in [-0.1, -0.05) is 19.1 Å². The maximum atomic E-state index is 13.5. The molecule has 1 heterocycles. The molecule has 1 aromatic rings. The van der Waals surface area contributed by atoms with Gasteiger partial charge in [-0.05, 0) is 36.5 Å². The summed E-state index contributed by atoms with van der Waals surface area (Å²) in [5, 5.41) is 11.9. The number of rotatable bonds is 5. The van der Waals surface area contributed by atoms with Crippen LogP contribution in [0.15, 0.2) is 18.2 Å². The molecule has 0 radical (unpaired) electrons. The zero-order chi connectivity index (χ0) is 17.0. The Balaban J connectivity index is 1.84. The van der Waals surface area contributed by atoms with Gasteiger partial charge in [0.2, 0.25) is 5.91 Å². The van der Waals surface area contributed by atoms with Crippen LogP contribution in [0.3, 0.4) is 0 Å². The van der Waals surface area contributed by atoms with E-state index in [4.69, 9.17) is 5.11 Å². The van der Waals surface area contributed by atoms with Crippen molar-refractivity contribution in [1.29, 1.82) is 0 Å². The van der Waals surface area contributed by atoms with Crippen LogP contribution in [-0.4, -0.2) is 41.5 Å². The first kappa shape index (κ1) is 17.4. The topological polar surface area (TPSA) is 69.6 Å². The number of nitrogens with zero attached hydrogens (tertiary/aromatic N) is 1. The van der Waals surface area contributed by atoms with Crippen LogP contribution in [-0.2, 0) is 16.1 Å². The highest BCUT2D eigenvalue weighted by Crippen LogP contribution is 2.21. The Labute approximate surface area is 135 Å². The summed E-state index contributed by atoms with van der Waals surface area (Å²) in [4.78, 5) is 25.0. The van der Waals surface area contributed by atoms with Gasteiger partial charge in [0.25, 0.3) is 0 Å². The van der Waals surface area contributed by atoms with Crippen LogP contribution in [0.2, 0.25) is 0 Å². The van der Waals surface area contributed by atoms with Gasteiger partial charge in [0.1, 0.15) is 5.82 Å². The van der Waals surface area contributed by atoms with Gasteiger partial charge >= 0.3 is 5.97 Å². The number of carboxylic acid groups (broad SMARTS) is 1. The summed E-state index contributed by atoms with van der Waals surface area (Å²) in [6.07, 6.45) is 0.649. The van der Waals surface area contributed by atoms with Crippen LogP contribution in [0.1, 0.15) is 24.5 Å². The molecule has 5 nitrogen and oxygen atoms in total. The minimum Gasteiger partial charge on any atom is -0.481 e. The van der Waals surface area contributed by atoms with Gasteiger partial charge in [0.05, 0.1) is 12.5 Å². The monoisotopic (exact) mass is 322 g/mol. The highest BCUT2D eigenvalue weighted by atomic mass is 19.1. The molecule has 1 aromatic carbocycles. The lowest BCUT2D eigenvalue weighted by Gasteiger charge is -2.34. The second-order valence-electron chi connectivity index (χ2n) is 6.43. The van der Waals surface area contributed by atoms with E-state index in [-0.39, 0.29) is 30.7 Å². The van der Waals surface area contributed by atoms with Gasteiger partial charge in [0, 0.05) is 19.6 Å². The third-order valence-electron chi connectivity index (χ3n) is 4.18. The highest BCUT2D eigenvalue weighted by molar-refractivity contribution is 5.78. The van der Waals surface area contributed by atoms with Gasteiger partial charge < -0.3 is 10.4 Å². The van der Waals surface area contributed by atoms with E-state index in [0.717, 1.165) is 6.54 Å². The van der Waals surface area contributed by atoms with E-state index in [2.05, 4.69) is 5.32 Å². The second-order valence-corrected chi connectivity index (χ2v) is 6.43. The lowest BCUT2D eigenvalue weighted by Crippen LogP contribution is -2.46. The summed E-state index contributed by atoms with van der Waals surface area (Å²) < 4.78 is 13.5. The summed E-state index contributed by atoms with van der Waals surface area (Å²) in [7, 11) is 0. The quantitative estimate of drug-likeness (QED) is 0.867. The number of carbonyl (C=O) groups is 2. The van der Waals surface area contributed by atoms with Crippen molar-refractivity contribution in [3.8, 4) is 0 Å². The van der Waals surface area contributed by atoms with Crippen molar-refractivity contribution in [1.82, 2.24) is 10.2 Å². The van der Waals surface area contributed by atoms with E-state index in [1.54, 1.807) is 19.1 Å². The summed E-state index contributed by atoms with van der Waals surface area (Å²) in [6, 6.07) is 4.88. The van der Waals surface area contributed by atoms with Crippen molar-refractivity contribution >= 4 is 11.9 Å². The molecule has 2 atom stereocenters. The number of piperidine rings is 1. The highest BCUT2D eigenvalue weighted by Gasteiger charge is 2.30. The first-order valence-electron chi connectivity index (χ1n) is 7.82. The standard InChI is InChI=1S/C17H23FN2O3/c1-11-5-14(17(22)23)9-20(8-11)10-16(21)19-7-13-4-3-12(2)15(18)6-13/h3-4,6,11,14H,5,7-10H2,1-2H3,(H,19,21)(H,22,23). The molecule has 2 N–H and O–H groups in total. The van der Waals surface area contributed by atoms with Crippen LogP contribution < -0.4 is 5.32 Å². The number of carbonyl (C=O) groups excluding carboxylic acids is 1. The number of carboxylic acids is 1. The average molecular weight is 322 g/mol. The molecule has 2 unspecified atom stereocenters. The number of benzene rings is 1. The number of halogens is 1. The van der Waals surface area contributed by atoms with Crippen LogP contribution in [0, 0.1) is 24.6 Å². The largest absolute Gasteiger partial charge is 0.481 e. The molecule has 0 bridgehead atoms. The third kappa shape index (κ3) is 5.03. The van der Waals surface area contributed by atoms with Crippen molar-refractivity contribution in [3.63, 3.8) is 0 Å². The molecule has 1 amide bonds. The first-order valence-corrected chi connectivity index (χ1v) is 7.82. The number of hydrogen-bond acceptors (Lipinski definition) is 3. The van der Waals surface area contributed by atoms with Crippen molar-refractivity contribution < 1.29 is 19.1 Å². The molecule has 1 aliphatic heterocycles. The normalized spacial score (nSPS) is 21.9. The summed E-state index contributed by atoms with van der Waals surface area (Å²) >= 11 is 0. The van der Waals surface area contributed by atoms with Crippen molar-refractivity contribution in [3.05, 3.63) is 35.1 Å². The van der Waals surface area contributed by atoms with Gasteiger partial charge in [-0.2, -0.15) is 0 Å². The lowest BCUT2D eigenvalue weighted by molar-refractivity contribution is -0.145. The third-order valence-corrected chi connectivity index (χ3v) is 4.18. The minimum atomic E-state index is -0.808. The molecule has 23 heavy (non-hydrogen) atoms. The molecule has 1 aliphatic rings. The molecule has 0 aromatic heterocycles. The molecule has 0 saturated carbocycles. The van der Waals surface area contributed by atoms with E-state index in [0.29, 0.717) is 24.1 Å². The number of likely N-dealkylation sites (tertiary alicyclic amines) is 1. The summed E-state index contributed by atoms with van der Waals surface area (Å²) in [5.41, 5.74) is 1.28. The van der Waals surface area contributed by atoms with Crippen LogP contribution >= 0.6 is 0 Å². The molecule has 0 spiro atoms. The molecule has 6 heteroatoms. The molecular weight excluding hydrogens is 299 g/mol. The van der Waals surface area contributed by atoms with E-state index in [1.165, 1.54) is 6.07 Å². The smallest absolute Gasteiger partial charge is 0.307 e. The lowest BCUT2D eigenvalue weighted by atomic mass is 9.90. The van der Waals surface area contributed by atoms with Crippen LogP contribution in [0.4, 0.5) is 4.39 Å². The number of aliphatic carboxylic acids is 1. The molecule has 126 valence electrons. The van der Waals surface area contributed by atoms with Crippen molar-refractivity contribution in [2.75, 3.05) is 19.6 Å². The maximum Gasteiger partial charge on any atom is 0.307 e. The Hall–Kier alpha value is -1.95. The Bertz CT molecular complexity index is 591. The van der Waals surface area contributed by atoms with Gasteiger partial charge in [-0.25, -0.2) is 4.39 Å². The number of amides is 1. The van der Waals surface area contributed by atoms with Crippen molar-refractivity contribution in [2.24, 2.45) is 11.8 Å². The molecule has 1 saturated heterocycles. The van der Waals surface area contributed by atoms with Gasteiger partial charge in [-0.3, -0.25) is 14.5 Å². The molecular formula is C17H23FN2O3. The Morgan fingerprint density at radius 2 is 2.13 bits per heavy atom. The zero-order valence-electron chi connectivity index (χ0n) is 13.5. The minimum absolute atomic E-state index is 0.169. The maximum absolute atomic E-state index is 13.5. The fourth-order valence-corrected chi connectivity index (χ4v) is 2.98. The molecule has 0 aliphatic carbocycles. The Morgan fingerprint density at radius 1 is 1.39 bits per heavy atom. The number of aryl methyl sites for hydroxylation is 1. The average Bonchev–Trinajstić information content (AvgIpc) is 2.48.